The first-order chi connectivity index (χ1) is 19.0. The third kappa shape index (κ3) is 4.90. The molecule has 200 valence electrons. The molecule has 12 heteroatoms. The SMILES string of the molecule is O=C(N[C@H]1CCOc2c1ccc(F)c2F)c1cccc(NC2(c3nc(-c4ccncn4)n[nH]3)CCNCC2)c1. The van der Waals surface area contributed by atoms with Gasteiger partial charge < -0.3 is 20.7 Å². The van der Waals surface area contributed by atoms with Crippen LogP contribution in [0.25, 0.3) is 11.5 Å². The Balaban J connectivity index is 1.23. The van der Waals surface area contributed by atoms with E-state index in [0.29, 0.717) is 34.9 Å². The Bertz CT molecular complexity index is 1490. The lowest BCUT2D eigenvalue weighted by Gasteiger charge is -2.37. The number of carbonyl (C=O) groups is 1. The number of aromatic nitrogens is 5. The maximum atomic E-state index is 14.2. The van der Waals surface area contributed by atoms with E-state index in [1.165, 1.54) is 12.4 Å². The molecule has 0 aliphatic carbocycles. The minimum atomic E-state index is -1.04. The summed E-state index contributed by atoms with van der Waals surface area (Å²) in [5.74, 6) is -1.34. The minimum absolute atomic E-state index is 0.150. The Morgan fingerprint density at radius 1 is 1.13 bits per heavy atom. The van der Waals surface area contributed by atoms with E-state index in [-0.39, 0.29) is 18.3 Å². The van der Waals surface area contributed by atoms with Crippen LogP contribution in [0.1, 0.15) is 47.1 Å². The van der Waals surface area contributed by atoms with E-state index in [9.17, 15) is 13.6 Å². The number of halogens is 2. The summed E-state index contributed by atoms with van der Waals surface area (Å²) < 4.78 is 33.2. The van der Waals surface area contributed by atoms with Crippen LogP contribution < -0.4 is 20.7 Å². The van der Waals surface area contributed by atoms with E-state index in [1.54, 1.807) is 30.5 Å². The number of piperidine rings is 1. The standard InChI is InChI=1S/C27H26F2N8O2/c28-19-5-4-18-20(7-13-39-23(18)22(19)29)33-25(38)16-2-1-3-17(14-16)35-27(8-11-30-12-9-27)26-34-24(36-37-26)21-6-10-31-15-32-21/h1-6,10,14-15,20,30,35H,7-9,11-13H2,(H,33,38)(H,34,36,37)/t20-/m0/s1. The molecule has 4 heterocycles. The maximum absolute atomic E-state index is 14.2. The Hall–Kier alpha value is -4.45. The van der Waals surface area contributed by atoms with Gasteiger partial charge in [0, 0.05) is 29.4 Å². The second-order valence-corrected chi connectivity index (χ2v) is 9.58. The summed E-state index contributed by atoms with van der Waals surface area (Å²) in [6.07, 6.45) is 5.01. The fourth-order valence-corrected chi connectivity index (χ4v) is 5.10. The molecule has 2 aliphatic rings. The Morgan fingerprint density at radius 3 is 2.82 bits per heavy atom. The molecule has 1 saturated heterocycles. The molecule has 4 aromatic rings. The van der Waals surface area contributed by atoms with Crippen molar-refractivity contribution in [1.29, 1.82) is 0 Å². The van der Waals surface area contributed by atoms with Crippen molar-refractivity contribution in [2.75, 3.05) is 25.0 Å². The van der Waals surface area contributed by atoms with Crippen molar-refractivity contribution >= 4 is 11.6 Å². The summed E-state index contributed by atoms with van der Waals surface area (Å²) >= 11 is 0. The first-order valence-corrected chi connectivity index (χ1v) is 12.7. The van der Waals surface area contributed by atoms with E-state index in [0.717, 1.165) is 37.7 Å². The van der Waals surface area contributed by atoms with Crippen LogP contribution in [0.4, 0.5) is 14.5 Å². The van der Waals surface area contributed by atoms with Gasteiger partial charge in [0.2, 0.25) is 5.82 Å². The molecule has 0 spiro atoms. The van der Waals surface area contributed by atoms with Gasteiger partial charge in [-0.2, -0.15) is 9.49 Å². The quantitative estimate of drug-likeness (QED) is 0.297. The van der Waals surface area contributed by atoms with Crippen LogP contribution in [0.3, 0.4) is 0 Å². The predicted octanol–water partition coefficient (Wildman–Crippen LogP) is 3.48. The zero-order valence-electron chi connectivity index (χ0n) is 20.9. The molecule has 0 saturated carbocycles. The highest BCUT2D eigenvalue weighted by Crippen LogP contribution is 2.36. The number of nitrogens with zero attached hydrogens (tertiary/aromatic N) is 4. The lowest BCUT2D eigenvalue weighted by Crippen LogP contribution is -2.46. The summed E-state index contributed by atoms with van der Waals surface area (Å²) in [6, 6.07) is 10.9. The van der Waals surface area contributed by atoms with Crippen molar-refractivity contribution in [3.05, 3.63) is 83.6 Å². The number of anilines is 1. The molecule has 1 atom stereocenters. The zero-order valence-corrected chi connectivity index (χ0v) is 20.9. The summed E-state index contributed by atoms with van der Waals surface area (Å²) in [5, 5.41) is 17.4. The van der Waals surface area contributed by atoms with Crippen molar-refractivity contribution in [3.8, 4) is 17.3 Å². The fourth-order valence-electron chi connectivity index (χ4n) is 5.10. The van der Waals surface area contributed by atoms with Crippen LogP contribution >= 0.6 is 0 Å². The summed E-state index contributed by atoms with van der Waals surface area (Å²) in [6.45, 7) is 1.72. The molecule has 0 unspecified atom stereocenters. The molecule has 1 amide bonds. The van der Waals surface area contributed by atoms with Gasteiger partial charge in [0.15, 0.2) is 23.2 Å². The van der Waals surface area contributed by atoms with Crippen LogP contribution in [-0.4, -0.2) is 50.8 Å². The third-order valence-electron chi connectivity index (χ3n) is 7.13. The average molecular weight is 533 g/mol. The molecule has 2 aromatic heterocycles. The van der Waals surface area contributed by atoms with E-state index in [1.807, 2.05) is 6.07 Å². The number of ether oxygens (including phenoxy) is 1. The molecule has 0 radical (unpaired) electrons. The topological polar surface area (TPSA) is 130 Å². The second kappa shape index (κ2) is 10.4. The number of fused-ring (bicyclic) bond motifs is 1. The second-order valence-electron chi connectivity index (χ2n) is 9.58. The van der Waals surface area contributed by atoms with Gasteiger partial charge in [0.05, 0.1) is 18.2 Å². The number of H-pyrrole nitrogens is 1. The average Bonchev–Trinajstić information content (AvgIpc) is 3.48. The molecule has 39 heavy (non-hydrogen) atoms. The lowest BCUT2D eigenvalue weighted by atomic mass is 9.87. The van der Waals surface area contributed by atoms with Crippen LogP contribution in [0.2, 0.25) is 0 Å². The van der Waals surface area contributed by atoms with E-state index < -0.39 is 23.2 Å². The van der Waals surface area contributed by atoms with E-state index in [2.05, 4.69) is 36.1 Å². The van der Waals surface area contributed by atoms with Crippen LogP contribution in [-0.2, 0) is 5.54 Å². The van der Waals surface area contributed by atoms with Crippen LogP contribution in [0.15, 0.2) is 55.0 Å². The van der Waals surface area contributed by atoms with Gasteiger partial charge in [-0.15, -0.1) is 0 Å². The predicted molar refractivity (Wildman–Crippen MR) is 138 cm³/mol. The molecule has 10 nitrogen and oxygen atoms in total. The number of benzene rings is 2. The first-order valence-electron chi connectivity index (χ1n) is 12.7. The van der Waals surface area contributed by atoms with Gasteiger partial charge >= 0.3 is 0 Å². The van der Waals surface area contributed by atoms with E-state index >= 15 is 0 Å². The Labute approximate surface area is 222 Å². The number of hydrogen-bond donors (Lipinski definition) is 4. The van der Waals surface area contributed by atoms with Gasteiger partial charge in [0.25, 0.3) is 5.91 Å². The van der Waals surface area contributed by atoms with Crippen molar-refractivity contribution in [1.82, 2.24) is 35.8 Å². The monoisotopic (exact) mass is 532 g/mol. The van der Waals surface area contributed by atoms with Gasteiger partial charge in [-0.05, 0) is 56.3 Å². The van der Waals surface area contributed by atoms with Crippen LogP contribution in [0.5, 0.6) is 5.75 Å². The number of aromatic amines is 1. The molecule has 2 aromatic carbocycles. The summed E-state index contributed by atoms with van der Waals surface area (Å²) in [5.41, 5.74) is 1.66. The summed E-state index contributed by atoms with van der Waals surface area (Å²) in [4.78, 5) is 26.2. The zero-order chi connectivity index (χ0) is 26.8. The molecule has 6 rings (SSSR count). The highest BCUT2D eigenvalue weighted by molar-refractivity contribution is 5.95. The highest BCUT2D eigenvalue weighted by Gasteiger charge is 2.37. The van der Waals surface area contributed by atoms with Gasteiger partial charge in [-0.1, -0.05) is 12.1 Å². The number of nitrogens with one attached hydrogen (secondary N) is 4. The van der Waals surface area contributed by atoms with Crippen LogP contribution in [0, 0.1) is 11.6 Å². The first kappa shape index (κ1) is 24.9. The Kier molecular flexibility index (Phi) is 6.61. The van der Waals surface area contributed by atoms with Gasteiger partial charge in [-0.3, -0.25) is 9.89 Å². The number of hydrogen-bond acceptors (Lipinski definition) is 8. The molecular formula is C27H26F2N8O2. The van der Waals surface area contributed by atoms with Crippen molar-refractivity contribution < 1.29 is 18.3 Å². The third-order valence-corrected chi connectivity index (χ3v) is 7.13. The van der Waals surface area contributed by atoms with E-state index in [4.69, 9.17) is 9.72 Å². The molecular weight excluding hydrogens is 506 g/mol. The van der Waals surface area contributed by atoms with Gasteiger partial charge in [-0.25, -0.2) is 19.3 Å². The minimum Gasteiger partial charge on any atom is -0.490 e. The van der Waals surface area contributed by atoms with Gasteiger partial charge in [0.1, 0.15) is 12.0 Å². The summed E-state index contributed by atoms with van der Waals surface area (Å²) in [7, 11) is 0. The number of amides is 1. The molecule has 1 fully saturated rings. The lowest BCUT2D eigenvalue weighted by molar-refractivity contribution is 0.0923. The largest absolute Gasteiger partial charge is 0.490 e. The number of rotatable bonds is 6. The van der Waals surface area contributed by atoms with Crippen molar-refractivity contribution in [2.45, 2.75) is 30.8 Å². The normalized spacial score (nSPS) is 18.1. The smallest absolute Gasteiger partial charge is 0.251 e. The Morgan fingerprint density at radius 2 is 2.00 bits per heavy atom. The molecule has 4 N–H and O–H groups in total. The highest BCUT2D eigenvalue weighted by atomic mass is 19.2. The number of carbonyl (C=O) groups excluding carboxylic acids is 1. The molecule has 2 aliphatic heterocycles. The van der Waals surface area contributed by atoms with Crippen molar-refractivity contribution in [2.24, 2.45) is 0 Å². The fraction of sp³-hybridized carbons (Fsp3) is 0.296. The molecule has 0 bridgehead atoms. The van der Waals surface area contributed by atoms with Crippen molar-refractivity contribution in [3.63, 3.8) is 0 Å². The maximum Gasteiger partial charge on any atom is 0.251 e.